The van der Waals surface area contributed by atoms with E-state index in [0.29, 0.717) is 10.9 Å². The molecule has 0 aromatic heterocycles. The summed E-state index contributed by atoms with van der Waals surface area (Å²) >= 11 is 1.48. The molecular formula is C14H19F3N2S. The highest BCUT2D eigenvalue weighted by Crippen LogP contribution is 2.31. The number of rotatable bonds is 4. The van der Waals surface area contributed by atoms with Gasteiger partial charge in [0.15, 0.2) is 0 Å². The smallest absolute Gasteiger partial charge is 0.312 e. The zero-order valence-electron chi connectivity index (χ0n) is 11.4. The Kier molecular flexibility index (Phi) is 5.35. The van der Waals surface area contributed by atoms with Gasteiger partial charge in [-0.1, -0.05) is 6.07 Å². The third-order valence-electron chi connectivity index (χ3n) is 3.29. The lowest BCUT2D eigenvalue weighted by Gasteiger charge is -2.31. The Bertz CT molecular complexity index is 437. The first-order chi connectivity index (χ1) is 9.45. The van der Waals surface area contributed by atoms with E-state index in [9.17, 15) is 13.2 Å². The monoisotopic (exact) mass is 304 g/mol. The Morgan fingerprint density at radius 1 is 1.40 bits per heavy atom. The van der Waals surface area contributed by atoms with Crippen molar-refractivity contribution >= 4 is 11.8 Å². The lowest BCUT2D eigenvalue weighted by Crippen LogP contribution is -2.49. The fraction of sp³-hybridized carbons (Fsp3) is 0.571. The van der Waals surface area contributed by atoms with Crippen LogP contribution in [0.1, 0.15) is 12.5 Å². The molecule has 1 aromatic carbocycles. The highest BCUT2D eigenvalue weighted by Gasteiger charge is 2.30. The molecule has 2 nitrogen and oxygen atoms in total. The van der Waals surface area contributed by atoms with Crippen LogP contribution in [-0.4, -0.2) is 42.9 Å². The second kappa shape index (κ2) is 6.83. The molecule has 0 spiro atoms. The minimum absolute atomic E-state index is 0.488. The van der Waals surface area contributed by atoms with Crippen molar-refractivity contribution in [3.8, 4) is 0 Å². The van der Waals surface area contributed by atoms with Crippen molar-refractivity contribution in [3.05, 3.63) is 29.8 Å². The second-order valence-corrected chi connectivity index (χ2v) is 6.20. The van der Waals surface area contributed by atoms with Crippen LogP contribution in [0.4, 0.5) is 13.2 Å². The number of piperazine rings is 1. The molecule has 0 radical (unpaired) electrons. The SMILES string of the molecule is C[C@H]1CN(CCSc2cccc(C(F)(F)F)c2)CCN1. The lowest BCUT2D eigenvalue weighted by atomic mass is 10.2. The van der Waals surface area contributed by atoms with Crippen molar-refractivity contribution in [2.24, 2.45) is 0 Å². The first-order valence-electron chi connectivity index (χ1n) is 6.71. The number of nitrogens with one attached hydrogen (secondary N) is 1. The molecule has 1 atom stereocenters. The highest BCUT2D eigenvalue weighted by molar-refractivity contribution is 7.99. The van der Waals surface area contributed by atoms with Gasteiger partial charge in [0.25, 0.3) is 0 Å². The molecule has 0 bridgehead atoms. The van der Waals surface area contributed by atoms with Gasteiger partial charge in [-0.3, -0.25) is 4.90 Å². The third-order valence-corrected chi connectivity index (χ3v) is 4.26. The summed E-state index contributed by atoms with van der Waals surface area (Å²) in [4.78, 5) is 3.03. The van der Waals surface area contributed by atoms with Gasteiger partial charge in [0, 0.05) is 42.9 Å². The Morgan fingerprint density at radius 3 is 2.90 bits per heavy atom. The van der Waals surface area contributed by atoms with Gasteiger partial charge in [0.1, 0.15) is 0 Å². The summed E-state index contributed by atoms with van der Waals surface area (Å²) in [6.45, 7) is 6.05. The van der Waals surface area contributed by atoms with Crippen LogP contribution in [-0.2, 0) is 6.18 Å². The molecule has 1 fully saturated rings. The maximum Gasteiger partial charge on any atom is 0.416 e. The summed E-state index contributed by atoms with van der Waals surface area (Å²) in [6.07, 6.45) is -4.26. The fourth-order valence-electron chi connectivity index (χ4n) is 2.27. The van der Waals surface area contributed by atoms with Crippen LogP contribution < -0.4 is 5.32 Å². The summed E-state index contributed by atoms with van der Waals surface area (Å²) in [5, 5.41) is 3.37. The Labute approximate surface area is 121 Å². The summed E-state index contributed by atoms with van der Waals surface area (Å²) in [6, 6.07) is 6.04. The second-order valence-electron chi connectivity index (χ2n) is 5.03. The van der Waals surface area contributed by atoms with Gasteiger partial charge in [0.05, 0.1) is 5.56 Å². The molecule has 1 heterocycles. The van der Waals surface area contributed by atoms with E-state index in [0.717, 1.165) is 38.0 Å². The molecule has 1 N–H and O–H groups in total. The molecule has 0 saturated carbocycles. The van der Waals surface area contributed by atoms with Crippen molar-refractivity contribution in [2.75, 3.05) is 31.9 Å². The van der Waals surface area contributed by atoms with Crippen LogP contribution in [0.2, 0.25) is 0 Å². The lowest BCUT2D eigenvalue weighted by molar-refractivity contribution is -0.137. The zero-order valence-corrected chi connectivity index (χ0v) is 12.2. The molecule has 20 heavy (non-hydrogen) atoms. The van der Waals surface area contributed by atoms with Crippen LogP contribution in [0.15, 0.2) is 29.2 Å². The molecule has 1 saturated heterocycles. The van der Waals surface area contributed by atoms with Gasteiger partial charge < -0.3 is 5.32 Å². The number of thioether (sulfide) groups is 1. The minimum Gasteiger partial charge on any atom is -0.312 e. The molecule has 1 aliphatic heterocycles. The van der Waals surface area contributed by atoms with Crippen molar-refractivity contribution in [3.63, 3.8) is 0 Å². The maximum atomic E-state index is 12.6. The van der Waals surface area contributed by atoms with Crippen molar-refractivity contribution in [2.45, 2.75) is 24.0 Å². The summed E-state index contributed by atoms with van der Waals surface area (Å²) < 4.78 is 37.8. The van der Waals surface area contributed by atoms with E-state index in [-0.39, 0.29) is 0 Å². The van der Waals surface area contributed by atoms with E-state index < -0.39 is 11.7 Å². The Hall–Kier alpha value is -0.720. The van der Waals surface area contributed by atoms with E-state index in [1.165, 1.54) is 23.9 Å². The molecule has 2 rings (SSSR count). The predicted octanol–water partition coefficient (Wildman–Crippen LogP) is 3.09. The molecule has 0 aliphatic carbocycles. The molecule has 0 amide bonds. The van der Waals surface area contributed by atoms with Crippen LogP contribution in [0, 0.1) is 0 Å². The predicted molar refractivity (Wildman–Crippen MR) is 76.1 cm³/mol. The van der Waals surface area contributed by atoms with Gasteiger partial charge in [-0.25, -0.2) is 0 Å². The average Bonchev–Trinajstić information content (AvgIpc) is 2.38. The van der Waals surface area contributed by atoms with E-state index in [4.69, 9.17) is 0 Å². The average molecular weight is 304 g/mol. The summed E-state index contributed by atoms with van der Waals surface area (Å²) in [5.74, 6) is 0.814. The quantitative estimate of drug-likeness (QED) is 0.861. The molecule has 6 heteroatoms. The minimum atomic E-state index is -4.26. The number of benzene rings is 1. The standard InChI is InChI=1S/C14H19F3N2S/c1-11-10-19(6-5-18-11)7-8-20-13-4-2-3-12(9-13)14(15,16)17/h2-4,9,11,18H,5-8,10H2,1H3/t11-/m0/s1. The molecule has 0 unspecified atom stereocenters. The number of nitrogens with zero attached hydrogens (tertiary/aromatic N) is 1. The van der Waals surface area contributed by atoms with Gasteiger partial charge in [0.2, 0.25) is 0 Å². The summed E-state index contributed by atoms with van der Waals surface area (Å²) in [5.41, 5.74) is -0.571. The van der Waals surface area contributed by atoms with Crippen LogP contribution in [0.25, 0.3) is 0 Å². The van der Waals surface area contributed by atoms with Crippen molar-refractivity contribution in [1.82, 2.24) is 10.2 Å². The molecule has 1 aliphatic rings. The third kappa shape index (κ3) is 4.68. The number of hydrogen-bond acceptors (Lipinski definition) is 3. The largest absolute Gasteiger partial charge is 0.416 e. The molecule has 1 aromatic rings. The van der Waals surface area contributed by atoms with Gasteiger partial charge in [-0.05, 0) is 25.1 Å². The number of alkyl halides is 3. The first-order valence-corrected chi connectivity index (χ1v) is 7.69. The number of halogens is 3. The molecular weight excluding hydrogens is 285 g/mol. The van der Waals surface area contributed by atoms with Crippen LogP contribution in [0.5, 0.6) is 0 Å². The van der Waals surface area contributed by atoms with Gasteiger partial charge in [-0.2, -0.15) is 13.2 Å². The fourth-order valence-corrected chi connectivity index (χ4v) is 3.24. The topological polar surface area (TPSA) is 15.3 Å². The van der Waals surface area contributed by atoms with Crippen molar-refractivity contribution < 1.29 is 13.2 Å². The van der Waals surface area contributed by atoms with E-state index >= 15 is 0 Å². The Balaban J connectivity index is 1.82. The van der Waals surface area contributed by atoms with Gasteiger partial charge in [-0.15, -0.1) is 11.8 Å². The normalized spacial score (nSPS) is 21.1. The van der Waals surface area contributed by atoms with Crippen molar-refractivity contribution in [1.29, 1.82) is 0 Å². The van der Waals surface area contributed by atoms with E-state index in [1.54, 1.807) is 6.07 Å². The summed E-state index contributed by atoms with van der Waals surface area (Å²) in [7, 11) is 0. The highest BCUT2D eigenvalue weighted by atomic mass is 32.2. The maximum absolute atomic E-state index is 12.6. The van der Waals surface area contributed by atoms with Crippen LogP contribution >= 0.6 is 11.8 Å². The Morgan fingerprint density at radius 2 is 2.20 bits per heavy atom. The first kappa shape index (κ1) is 15.7. The number of hydrogen-bond donors (Lipinski definition) is 1. The van der Waals surface area contributed by atoms with E-state index in [1.807, 2.05) is 0 Å². The zero-order chi connectivity index (χ0) is 14.6. The molecule has 112 valence electrons. The van der Waals surface area contributed by atoms with Gasteiger partial charge >= 0.3 is 6.18 Å². The van der Waals surface area contributed by atoms with Crippen LogP contribution in [0.3, 0.4) is 0 Å². The van der Waals surface area contributed by atoms with E-state index in [2.05, 4.69) is 17.1 Å².